The third kappa shape index (κ3) is 2.83. The summed E-state index contributed by atoms with van der Waals surface area (Å²) in [6, 6.07) is 1.01. The van der Waals surface area contributed by atoms with Crippen LogP contribution in [0.25, 0.3) is 0 Å². The molecule has 0 aliphatic heterocycles. The van der Waals surface area contributed by atoms with Crippen LogP contribution in [0.15, 0.2) is 12.3 Å². The number of rotatable bonds is 4. The van der Waals surface area contributed by atoms with Crippen molar-refractivity contribution < 1.29 is 18.7 Å². The van der Waals surface area contributed by atoms with Crippen LogP contribution in [-0.4, -0.2) is 23.7 Å². The summed E-state index contributed by atoms with van der Waals surface area (Å²) in [5, 5.41) is 0. The zero-order valence-corrected chi connectivity index (χ0v) is 8.41. The van der Waals surface area contributed by atoms with Gasteiger partial charge in [-0.15, -0.1) is 0 Å². The molecule has 0 spiro atoms. The fourth-order valence-electron chi connectivity index (χ4n) is 1.11. The summed E-state index contributed by atoms with van der Waals surface area (Å²) in [4.78, 5) is 25.8. The van der Waals surface area contributed by atoms with Gasteiger partial charge in [0.05, 0.1) is 25.3 Å². The highest BCUT2D eigenvalue weighted by molar-refractivity contribution is 6.08. The maximum atomic E-state index is 12.8. The average Bonchev–Trinajstić information content (AvgIpc) is 2.16. The average molecular weight is 211 g/mol. The first-order valence-corrected chi connectivity index (χ1v) is 4.26. The van der Waals surface area contributed by atoms with Gasteiger partial charge in [0.15, 0.2) is 5.78 Å². The molecule has 0 saturated carbocycles. The molecule has 1 rings (SSSR count). The largest absolute Gasteiger partial charge is 0.480 e. The van der Waals surface area contributed by atoms with Gasteiger partial charge >= 0.3 is 0 Å². The van der Waals surface area contributed by atoms with Crippen LogP contribution in [0.1, 0.15) is 23.7 Å². The monoisotopic (exact) mass is 211 g/mol. The standard InChI is InChI=1S/C10H10FNO3/c1-6(13)3-9(14)8-4-7(11)5-12-10(8)15-2/h4-5H,3H2,1-2H3. The summed E-state index contributed by atoms with van der Waals surface area (Å²) in [6.07, 6.45) is 0.672. The Morgan fingerprint density at radius 1 is 1.53 bits per heavy atom. The van der Waals surface area contributed by atoms with Crippen LogP contribution in [0.3, 0.4) is 0 Å². The molecule has 80 valence electrons. The fourth-order valence-corrected chi connectivity index (χ4v) is 1.11. The zero-order chi connectivity index (χ0) is 11.4. The van der Waals surface area contributed by atoms with E-state index >= 15 is 0 Å². The van der Waals surface area contributed by atoms with Crippen LogP contribution >= 0.6 is 0 Å². The fraction of sp³-hybridized carbons (Fsp3) is 0.300. The molecule has 0 aromatic carbocycles. The van der Waals surface area contributed by atoms with Crippen molar-refractivity contribution in [2.45, 2.75) is 13.3 Å². The van der Waals surface area contributed by atoms with Crippen molar-refractivity contribution in [1.29, 1.82) is 0 Å². The van der Waals surface area contributed by atoms with E-state index in [2.05, 4.69) is 4.98 Å². The first kappa shape index (κ1) is 11.3. The van der Waals surface area contributed by atoms with E-state index in [9.17, 15) is 14.0 Å². The minimum atomic E-state index is -0.636. The van der Waals surface area contributed by atoms with E-state index in [1.165, 1.54) is 14.0 Å². The van der Waals surface area contributed by atoms with Gasteiger partial charge < -0.3 is 4.74 Å². The van der Waals surface area contributed by atoms with Crippen LogP contribution in [0.5, 0.6) is 5.88 Å². The number of Topliss-reactive ketones (excluding diaryl/α,β-unsaturated/α-hetero) is 2. The lowest BCUT2D eigenvalue weighted by Gasteiger charge is -2.04. The van der Waals surface area contributed by atoms with Crippen LogP contribution in [0.2, 0.25) is 0 Å². The SMILES string of the molecule is COc1ncc(F)cc1C(=O)CC(C)=O. The third-order valence-electron chi connectivity index (χ3n) is 1.72. The summed E-state index contributed by atoms with van der Waals surface area (Å²) >= 11 is 0. The van der Waals surface area contributed by atoms with Gasteiger partial charge in [0.25, 0.3) is 0 Å². The molecule has 0 radical (unpaired) electrons. The molecule has 0 N–H and O–H groups in total. The van der Waals surface area contributed by atoms with Gasteiger partial charge in [-0.25, -0.2) is 9.37 Å². The van der Waals surface area contributed by atoms with Gasteiger partial charge in [0.2, 0.25) is 5.88 Å². The van der Waals surface area contributed by atoms with Crippen molar-refractivity contribution in [3.05, 3.63) is 23.6 Å². The van der Waals surface area contributed by atoms with Gasteiger partial charge in [0.1, 0.15) is 11.6 Å². The van der Waals surface area contributed by atoms with E-state index in [1.807, 2.05) is 0 Å². The Morgan fingerprint density at radius 2 is 2.20 bits per heavy atom. The molecule has 1 aromatic rings. The Balaban J connectivity index is 3.05. The number of methoxy groups -OCH3 is 1. The Kier molecular flexibility index (Phi) is 3.49. The molecule has 15 heavy (non-hydrogen) atoms. The summed E-state index contributed by atoms with van der Waals surface area (Å²) in [5.41, 5.74) is -0.00676. The Hall–Kier alpha value is -1.78. The van der Waals surface area contributed by atoms with Crippen molar-refractivity contribution in [2.24, 2.45) is 0 Å². The molecule has 4 nitrogen and oxygen atoms in total. The molecule has 0 saturated heterocycles. The predicted octanol–water partition coefficient (Wildman–Crippen LogP) is 1.39. The van der Waals surface area contributed by atoms with E-state index in [1.54, 1.807) is 0 Å². The van der Waals surface area contributed by atoms with Gasteiger partial charge in [-0.3, -0.25) is 9.59 Å². The van der Waals surface area contributed by atoms with Crippen LogP contribution in [0, 0.1) is 5.82 Å². The normalized spacial score (nSPS) is 9.80. The zero-order valence-electron chi connectivity index (χ0n) is 8.41. The van der Waals surface area contributed by atoms with E-state index in [4.69, 9.17) is 4.74 Å². The van der Waals surface area contributed by atoms with Gasteiger partial charge in [-0.05, 0) is 13.0 Å². The first-order chi connectivity index (χ1) is 7.04. The lowest BCUT2D eigenvalue weighted by atomic mass is 10.1. The quantitative estimate of drug-likeness (QED) is 0.557. The number of aromatic nitrogens is 1. The summed E-state index contributed by atoms with van der Waals surface area (Å²) in [5.74, 6) is -1.39. The van der Waals surface area contributed by atoms with Crippen LogP contribution < -0.4 is 4.74 Å². The second kappa shape index (κ2) is 4.63. The number of hydrogen-bond acceptors (Lipinski definition) is 4. The predicted molar refractivity (Wildman–Crippen MR) is 50.4 cm³/mol. The van der Waals surface area contributed by atoms with Gasteiger partial charge in [-0.1, -0.05) is 0 Å². The number of ketones is 2. The Labute approximate surface area is 86.1 Å². The molecule has 0 aliphatic rings. The van der Waals surface area contributed by atoms with Crippen LogP contribution in [0.4, 0.5) is 4.39 Å². The molecule has 1 heterocycles. The lowest BCUT2D eigenvalue weighted by molar-refractivity contribution is -0.116. The van der Waals surface area contributed by atoms with E-state index in [0.29, 0.717) is 0 Å². The minimum Gasteiger partial charge on any atom is -0.480 e. The minimum absolute atomic E-state index is 0.00676. The molecule has 0 aliphatic carbocycles. The summed E-state index contributed by atoms with van der Waals surface area (Å²) in [7, 11) is 1.32. The third-order valence-corrected chi connectivity index (χ3v) is 1.72. The van der Waals surface area contributed by atoms with Crippen LogP contribution in [-0.2, 0) is 4.79 Å². The maximum absolute atomic E-state index is 12.8. The summed E-state index contributed by atoms with van der Waals surface area (Å²) < 4.78 is 17.6. The topological polar surface area (TPSA) is 56.3 Å². The number of nitrogens with zero attached hydrogens (tertiary/aromatic N) is 1. The van der Waals surface area contributed by atoms with Crippen molar-refractivity contribution >= 4 is 11.6 Å². The van der Waals surface area contributed by atoms with Crippen molar-refractivity contribution in [3.63, 3.8) is 0 Å². The number of pyridine rings is 1. The number of carbonyl (C=O) groups excluding carboxylic acids is 2. The van der Waals surface area contributed by atoms with Crippen molar-refractivity contribution in [2.75, 3.05) is 7.11 Å². The highest BCUT2D eigenvalue weighted by atomic mass is 19.1. The molecule has 0 unspecified atom stereocenters. The van der Waals surface area contributed by atoms with E-state index in [-0.39, 0.29) is 23.6 Å². The molecular weight excluding hydrogens is 201 g/mol. The van der Waals surface area contributed by atoms with E-state index < -0.39 is 11.6 Å². The van der Waals surface area contributed by atoms with E-state index in [0.717, 1.165) is 12.3 Å². The van der Waals surface area contributed by atoms with Crippen molar-refractivity contribution in [3.8, 4) is 5.88 Å². The maximum Gasteiger partial charge on any atom is 0.224 e. The molecule has 0 fully saturated rings. The number of halogens is 1. The molecule has 0 amide bonds. The summed E-state index contributed by atoms with van der Waals surface area (Å²) in [6.45, 7) is 1.29. The first-order valence-electron chi connectivity index (χ1n) is 4.26. The highest BCUT2D eigenvalue weighted by Crippen LogP contribution is 2.17. The molecule has 5 heteroatoms. The number of ether oxygens (including phenoxy) is 1. The highest BCUT2D eigenvalue weighted by Gasteiger charge is 2.16. The molecule has 0 bridgehead atoms. The number of carbonyl (C=O) groups is 2. The molecular formula is C10H10FNO3. The second-order valence-electron chi connectivity index (χ2n) is 3.01. The molecule has 0 atom stereocenters. The smallest absolute Gasteiger partial charge is 0.224 e. The second-order valence-corrected chi connectivity index (χ2v) is 3.01. The Morgan fingerprint density at radius 3 is 2.73 bits per heavy atom. The van der Waals surface area contributed by atoms with Gasteiger partial charge in [0, 0.05) is 0 Å². The lowest BCUT2D eigenvalue weighted by Crippen LogP contribution is -2.08. The molecule has 1 aromatic heterocycles. The number of hydrogen-bond donors (Lipinski definition) is 0. The van der Waals surface area contributed by atoms with Crippen molar-refractivity contribution in [1.82, 2.24) is 4.98 Å². The van der Waals surface area contributed by atoms with Gasteiger partial charge in [-0.2, -0.15) is 0 Å². The Bertz CT molecular complexity index is 404.